The fourth-order valence-corrected chi connectivity index (χ4v) is 2.40. The lowest BCUT2D eigenvalue weighted by atomic mass is 9.91. The van der Waals surface area contributed by atoms with Crippen LogP contribution in [0, 0.1) is 0 Å². The molecule has 1 aromatic carbocycles. The van der Waals surface area contributed by atoms with Gasteiger partial charge in [-0.3, -0.25) is 4.79 Å². The summed E-state index contributed by atoms with van der Waals surface area (Å²) in [6.07, 6.45) is 0.288. The first kappa shape index (κ1) is 15.4. The first-order valence-electron chi connectivity index (χ1n) is 6.96. The monoisotopic (exact) mass is 291 g/mol. The normalized spacial score (nSPS) is 21.8. The van der Waals surface area contributed by atoms with Crippen LogP contribution in [0.25, 0.3) is 0 Å². The number of amides is 1. The minimum absolute atomic E-state index is 0.133. The standard InChI is InChI=1S/C16H21NO4/c1-16(2,3)21-15(19)14-12(9-13(18)17-14)10-5-7-11(20-4)8-6-10/h5-8,12,14H,9H2,1-4H3,(H,17,18)/t12-,14+/m0/s1. The van der Waals surface area contributed by atoms with Crippen LogP contribution in [0.2, 0.25) is 0 Å². The number of hydrogen-bond acceptors (Lipinski definition) is 4. The number of ether oxygens (including phenoxy) is 2. The molecule has 0 bridgehead atoms. The number of esters is 1. The Hall–Kier alpha value is -2.04. The molecular weight excluding hydrogens is 270 g/mol. The van der Waals surface area contributed by atoms with Gasteiger partial charge in [0.05, 0.1) is 7.11 Å². The second kappa shape index (κ2) is 5.76. The van der Waals surface area contributed by atoms with Gasteiger partial charge in [-0.25, -0.2) is 4.79 Å². The summed E-state index contributed by atoms with van der Waals surface area (Å²) in [5.74, 6) is 0.00366. The zero-order valence-corrected chi connectivity index (χ0v) is 12.8. The lowest BCUT2D eigenvalue weighted by Gasteiger charge is -2.24. The van der Waals surface area contributed by atoms with Gasteiger partial charge < -0.3 is 14.8 Å². The predicted octanol–water partition coefficient (Wildman–Crippen LogP) is 2.01. The SMILES string of the molecule is COc1ccc([C@@H]2CC(=O)N[C@H]2C(=O)OC(C)(C)C)cc1. The Balaban J connectivity index is 2.19. The molecule has 1 aromatic rings. The summed E-state index contributed by atoms with van der Waals surface area (Å²) in [5.41, 5.74) is 0.347. The molecule has 114 valence electrons. The van der Waals surface area contributed by atoms with E-state index in [4.69, 9.17) is 9.47 Å². The number of benzene rings is 1. The van der Waals surface area contributed by atoms with E-state index in [0.717, 1.165) is 11.3 Å². The summed E-state index contributed by atoms with van der Waals surface area (Å²) < 4.78 is 10.5. The number of carbonyl (C=O) groups is 2. The van der Waals surface area contributed by atoms with Crippen LogP contribution in [0.3, 0.4) is 0 Å². The number of carbonyl (C=O) groups excluding carboxylic acids is 2. The molecule has 2 atom stereocenters. The van der Waals surface area contributed by atoms with E-state index >= 15 is 0 Å². The van der Waals surface area contributed by atoms with E-state index in [1.165, 1.54) is 0 Å². The molecule has 0 radical (unpaired) electrons. The number of hydrogen-bond donors (Lipinski definition) is 1. The largest absolute Gasteiger partial charge is 0.497 e. The summed E-state index contributed by atoms with van der Waals surface area (Å²) in [7, 11) is 1.60. The van der Waals surface area contributed by atoms with Gasteiger partial charge in [-0.2, -0.15) is 0 Å². The van der Waals surface area contributed by atoms with Gasteiger partial charge in [-0.15, -0.1) is 0 Å². The third kappa shape index (κ3) is 3.74. The van der Waals surface area contributed by atoms with Crippen molar-refractivity contribution in [1.29, 1.82) is 0 Å². The minimum Gasteiger partial charge on any atom is -0.497 e. The van der Waals surface area contributed by atoms with Crippen molar-refractivity contribution >= 4 is 11.9 Å². The highest BCUT2D eigenvalue weighted by Gasteiger charge is 2.40. The fraction of sp³-hybridized carbons (Fsp3) is 0.500. The van der Waals surface area contributed by atoms with Crippen molar-refractivity contribution in [2.24, 2.45) is 0 Å². The van der Waals surface area contributed by atoms with Gasteiger partial charge in [0.2, 0.25) is 5.91 Å². The Morgan fingerprint density at radius 2 is 1.86 bits per heavy atom. The lowest BCUT2D eigenvalue weighted by molar-refractivity contribution is -0.157. The highest BCUT2D eigenvalue weighted by atomic mass is 16.6. The molecule has 1 heterocycles. The van der Waals surface area contributed by atoms with Crippen molar-refractivity contribution in [3.63, 3.8) is 0 Å². The molecule has 1 saturated heterocycles. The fourth-order valence-electron chi connectivity index (χ4n) is 2.40. The van der Waals surface area contributed by atoms with Crippen LogP contribution in [0.4, 0.5) is 0 Å². The van der Waals surface area contributed by atoms with E-state index < -0.39 is 17.6 Å². The van der Waals surface area contributed by atoms with Crippen molar-refractivity contribution in [1.82, 2.24) is 5.32 Å². The number of rotatable bonds is 3. The predicted molar refractivity (Wildman–Crippen MR) is 78.1 cm³/mol. The van der Waals surface area contributed by atoms with Gasteiger partial charge in [0.15, 0.2) is 0 Å². The van der Waals surface area contributed by atoms with Gasteiger partial charge in [-0.1, -0.05) is 12.1 Å². The molecule has 5 nitrogen and oxygen atoms in total. The maximum absolute atomic E-state index is 12.3. The van der Waals surface area contributed by atoms with Crippen molar-refractivity contribution in [2.75, 3.05) is 7.11 Å². The summed E-state index contributed by atoms with van der Waals surface area (Å²) >= 11 is 0. The summed E-state index contributed by atoms with van der Waals surface area (Å²) in [6, 6.07) is 6.77. The molecule has 1 fully saturated rings. The van der Waals surface area contributed by atoms with Crippen LogP contribution < -0.4 is 10.1 Å². The first-order valence-corrected chi connectivity index (χ1v) is 6.96. The van der Waals surface area contributed by atoms with Crippen LogP contribution >= 0.6 is 0 Å². The van der Waals surface area contributed by atoms with E-state index in [0.29, 0.717) is 0 Å². The maximum atomic E-state index is 12.3. The Kier molecular flexibility index (Phi) is 4.21. The van der Waals surface area contributed by atoms with Crippen LogP contribution in [0.5, 0.6) is 5.75 Å². The average Bonchev–Trinajstić information content (AvgIpc) is 2.79. The van der Waals surface area contributed by atoms with Crippen molar-refractivity contribution in [3.8, 4) is 5.75 Å². The second-order valence-corrected chi connectivity index (χ2v) is 6.16. The Morgan fingerprint density at radius 3 is 2.38 bits per heavy atom. The van der Waals surface area contributed by atoms with Crippen molar-refractivity contribution in [3.05, 3.63) is 29.8 Å². The summed E-state index contributed by atoms with van der Waals surface area (Å²) in [6.45, 7) is 5.43. The lowest BCUT2D eigenvalue weighted by Crippen LogP contribution is -2.41. The van der Waals surface area contributed by atoms with E-state index in [9.17, 15) is 9.59 Å². The molecule has 0 saturated carbocycles. The number of methoxy groups -OCH3 is 1. The Labute approximate surface area is 124 Å². The van der Waals surface area contributed by atoms with Crippen LogP contribution in [-0.2, 0) is 14.3 Å². The molecule has 0 aromatic heterocycles. The molecule has 0 unspecified atom stereocenters. The van der Waals surface area contributed by atoms with Crippen molar-refractivity contribution < 1.29 is 19.1 Å². The van der Waals surface area contributed by atoms with E-state index in [1.54, 1.807) is 7.11 Å². The van der Waals surface area contributed by atoms with E-state index in [-0.39, 0.29) is 18.2 Å². The first-order chi connectivity index (χ1) is 9.80. The van der Waals surface area contributed by atoms with E-state index in [1.807, 2.05) is 45.0 Å². The molecule has 2 rings (SSSR count). The van der Waals surface area contributed by atoms with Crippen LogP contribution in [0.1, 0.15) is 38.7 Å². The highest BCUT2D eigenvalue weighted by Crippen LogP contribution is 2.31. The topological polar surface area (TPSA) is 64.6 Å². The summed E-state index contributed by atoms with van der Waals surface area (Å²) in [4.78, 5) is 23.9. The number of nitrogens with one attached hydrogen (secondary N) is 1. The molecular formula is C16H21NO4. The Bertz CT molecular complexity index is 530. The zero-order valence-electron chi connectivity index (χ0n) is 12.8. The molecule has 1 aliphatic rings. The van der Waals surface area contributed by atoms with Crippen LogP contribution in [0.15, 0.2) is 24.3 Å². The molecule has 1 amide bonds. The average molecular weight is 291 g/mol. The molecule has 0 spiro atoms. The van der Waals surface area contributed by atoms with Crippen LogP contribution in [-0.4, -0.2) is 30.6 Å². The molecule has 1 N–H and O–H groups in total. The summed E-state index contributed by atoms with van der Waals surface area (Å²) in [5, 5.41) is 2.71. The third-order valence-electron chi connectivity index (χ3n) is 3.33. The zero-order chi connectivity index (χ0) is 15.6. The van der Waals surface area contributed by atoms with Gasteiger partial charge >= 0.3 is 5.97 Å². The smallest absolute Gasteiger partial charge is 0.329 e. The van der Waals surface area contributed by atoms with Gasteiger partial charge in [0, 0.05) is 12.3 Å². The maximum Gasteiger partial charge on any atom is 0.329 e. The molecule has 0 aliphatic carbocycles. The minimum atomic E-state index is -0.634. The van der Waals surface area contributed by atoms with Gasteiger partial charge in [0.25, 0.3) is 0 Å². The Morgan fingerprint density at radius 1 is 1.24 bits per heavy atom. The quantitative estimate of drug-likeness (QED) is 0.865. The molecule has 5 heteroatoms. The molecule has 21 heavy (non-hydrogen) atoms. The second-order valence-electron chi connectivity index (χ2n) is 6.16. The van der Waals surface area contributed by atoms with Crippen molar-refractivity contribution in [2.45, 2.75) is 44.8 Å². The molecule has 1 aliphatic heterocycles. The third-order valence-corrected chi connectivity index (χ3v) is 3.33. The van der Waals surface area contributed by atoms with Gasteiger partial charge in [-0.05, 0) is 38.5 Å². The van der Waals surface area contributed by atoms with E-state index in [2.05, 4.69) is 5.32 Å². The highest BCUT2D eigenvalue weighted by molar-refractivity contribution is 5.90. The van der Waals surface area contributed by atoms with Gasteiger partial charge in [0.1, 0.15) is 17.4 Å².